The van der Waals surface area contributed by atoms with E-state index in [1.54, 1.807) is 17.5 Å². The van der Waals surface area contributed by atoms with Crippen LogP contribution in [0.5, 0.6) is 5.75 Å². The Kier molecular flexibility index (Phi) is 4.71. The largest absolute Gasteiger partial charge is 0.493 e. The molecule has 1 atom stereocenters. The normalized spacial score (nSPS) is 15.5. The Morgan fingerprint density at radius 2 is 2.03 bits per heavy atom. The zero-order valence-electron chi connectivity index (χ0n) is 16.8. The van der Waals surface area contributed by atoms with Gasteiger partial charge < -0.3 is 9.64 Å². The molecule has 1 unspecified atom stereocenters. The van der Waals surface area contributed by atoms with Gasteiger partial charge in [0.1, 0.15) is 10.8 Å². The number of carbonyl (C=O) groups excluding carboxylic acids is 1. The van der Waals surface area contributed by atoms with Crippen LogP contribution in [0.3, 0.4) is 0 Å². The van der Waals surface area contributed by atoms with E-state index in [0.717, 1.165) is 44.2 Å². The highest BCUT2D eigenvalue weighted by Crippen LogP contribution is 2.36. The van der Waals surface area contributed by atoms with Crippen LogP contribution in [0.4, 0.5) is 0 Å². The molecule has 0 bridgehead atoms. The standard InChI is InChI=1S/C24H21N3O2S/c1-15-17(7-5-12-25-15)23-26-19-10-9-16(14-22(19)30-23)24(28)27(2)20-11-13-29-21-8-4-3-6-18(20)21/h3-10,12,14,20H,11,13H2,1-2H3. The molecule has 0 radical (unpaired) electrons. The van der Waals surface area contributed by atoms with Crippen LogP contribution in [0.15, 0.2) is 60.8 Å². The summed E-state index contributed by atoms with van der Waals surface area (Å²) in [5.74, 6) is 0.869. The zero-order valence-corrected chi connectivity index (χ0v) is 17.6. The minimum Gasteiger partial charge on any atom is -0.493 e. The Labute approximate surface area is 179 Å². The predicted octanol–water partition coefficient (Wildman–Crippen LogP) is 5.26. The maximum absolute atomic E-state index is 13.3. The van der Waals surface area contributed by atoms with Crippen molar-refractivity contribution in [2.45, 2.75) is 19.4 Å². The van der Waals surface area contributed by atoms with Crippen LogP contribution >= 0.6 is 11.3 Å². The molecule has 0 N–H and O–H groups in total. The Morgan fingerprint density at radius 3 is 2.90 bits per heavy atom. The van der Waals surface area contributed by atoms with Gasteiger partial charge in [0.2, 0.25) is 0 Å². The lowest BCUT2D eigenvalue weighted by Crippen LogP contribution is -2.34. The fraction of sp³-hybridized carbons (Fsp3) is 0.208. The first-order chi connectivity index (χ1) is 14.6. The smallest absolute Gasteiger partial charge is 0.254 e. The lowest BCUT2D eigenvalue weighted by atomic mass is 9.98. The number of benzene rings is 2. The van der Waals surface area contributed by atoms with Gasteiger partial charge in [-0.1, -0.05) is 18.2 Å². The molecule has 6 heteroatoms. The van der Waals surface area contributed by atoms with Crippen LogP contribution in [-0.4, -0.2) is 34.4 Å². The molecule has 2 aromatic heterocycles. The van der Waals surface area contributed by atoms with Gasteiger partial charge in [-0.2, -0.15) is 0 Å². The van der Waals surface area contributed by atoms with E-state index in [-0.39, 0.29) is 11.9 Å². The first-order valence-corrected chi connectivity index (χ1v) is 10.7. The number of aryl methyl sites for hydroxylation is 1. The molecule has 0 aliphatic carbocycles. The van der Waals surface area contributed by atoms with Crippen molar-refractivity contribution in [3.8, 4) is 16.3 Å². The summed E-state index contributed by atoms with van der Waals surface area (Å²) in [6.45, 7) is 2.60. The van der Waals surface area contributed by atoms with Crippen molar-refractivity contribution in [1.82, 2.24) is 14.9 Å². The van der Waals surface area contributed by atoms with Crippen molar-refractivity contribution in [2.75, 3.05) is 13.7 Å². The summed E-state index contributed by atoms with van der Waals surface area (Å²) in [6, 6.07) is 17.7. The topological polar surface area (TPSA) is 55.3 Å². The molecule has 2 aromatic carbocycles. The van der Waals surface area contributed by atoms with Crippen molar-refractivity contribution >= 4 is 27.5 Å². The molecule has 0 fully saturated rings. The van der Waals surface area contributed by atoms with E-state index in [2.05, 4.69) is 4.98 Å². The fourth-order valence-electron chi connectivity index (χ4n) is 3.95. The van der Waals surface area contributed by atoms with Crippen LogP contribution < -0.4 is 4.74 Å². The Morgan fingerprint density at radius 1 is 1.17 bits per heavy atom. The van der Waals surface area contributed by atoms with Gasteiger partial charge in [-0.05, 0) is 43.3 Å². The number of carbonyl (C=O) groups is 1. The second-order valence-corrected chi connectivity index (χ2v) is 8.48. The van der Waals surface area contributed by atoms with Gasteiger partial charge in [-0.3, -0.25) is 9.78 Å². The van der Waals surface area contributed by atoms with Crippen molar-refractivity contribution in [1.29, 1.82) is 0 Å². The molecular weight excluding hydrogens is 394 g/mol. The van der Waals surface area contributed by atoms with Gasteiger partial charge in [-0.25, -0.2) is 4.98 Å². The fourth-order valence-corrected chi connectivity index (χ4v) is 5.04. The lowest BCUT2D eigenvalue weighted by Gasteiger charge is -2.33. The second kappa shape index (κ2) is 7.54. The number of rotatable bonds is 3. The summed E-state index contributed by atoms with van der Waals surface area (Å²) in [4.78, 5) is 24.2. The molecule has 1 amide bonds. The molecule has 0 saturated heterocycles. The molecule has 150 valence electrons. The van der Waals surface area contributed by atoms with Crippen molar-refractivity contribution < 1.29 is 9.53 Å². The molecule has 0 spiro atoms. The number of hydrogen-bond donors (Lipinski definition) is 0. The van der Waals surface area contributed by atoms with E-state index in [1.165, 1.54) is 0 Å². The summed E-state index contributed by atoms with van der Waals surface area (Å²) in [5.41, 5.74) is 4.61. The quantitative estimate of drug-likeness (QED) is 0.458. The molecule has 5 rings (SSSR count). The van der Waals surface area contributed by atoms with Crippen LogP contribution in [0.2, 0.25) is 0 Å². The molecule has 0 saturated carbocycles. The Balaban J connectivity index is 1.46. The highest BCUT2D eigenvalue weighted by Gasteiger charge is 2.28. The van der Waals surface area contributed by atoms with Crippen molar-refractivity contribution in [2.24, 2.45) is 0 Å². The average Bonchev–Trinajstić information content (AvgIpc) is 3.21. The lowest BCUT2D eigenvalue weighted by molar-refractivity contribution is 0.0686. The molecule has 4 aromatic rings. The molecule has 1 aliphatic heterocycles. The summed E-state index contributed by atoms with van der Waals surface area (Å²) in [6.07, 6.45) is 2.57. The van der Waals surface area contributed by atoms with Gasteiger partial charge in [0.05, 0.1) is 22.9 Å². The number of aromatic nitrogens is 2. The summed E-state index contributed by atoms with van der Waals surface area (Å²) in [5, 5.41) is 0.923. The maximum Gasteiger partial charge on any atom is 0.254 e. The van der Waals surface area contributed by atoms with Gasteiger partial charge in [-0.15, -0.1) is 11.3 Å². The van der Waals surface area contributed by atoms with Crippen LogP contribution in [0.25, 0.3) is 20.8 Å². The number of thiazole rings is 1. The Hall–Kier alpha value is -3.25. The van der Waals surface area contributed by atoms with Crippen LogP contribution in [0.1, 0.15) is 34.1 Å². The van der Waals surface area contributed by atoms with E-state index in [0.29, 0.717) is 12.2 Å². The number of ether oxygens (including phenoxy) is 1. The van der Waals surface area contributed by atoms with Gasteiger partial charge in [0, 0.05) is 42.0 Å². The minimum absolute atomic E-state index is 0.00566. The molecule has 3 heterocycles. The summed E-state index contributed by atoms with van der Waals surface area (Å²) < 4.78 is 6.75. The number of amides is 1. The van der Waals surface area contributed by atoms with Gasteiger partial charge in [0.25, 0.3) is 5.91 Å². The van der Waals surface area contributed by atoms with Gasteiger partial charge >= 0.3 is 0 Å². The van der Waals surface area contributed by atoms with Crippen molar-refractivity contribution in [3.63, 3.8) is 0 Å². The monoisotopic (exact) mass is 415 g/mol. The second-order valence-electron chi connectivity index (χ2n) is 7.44. The van der Waals surface area contributed by atoms with E-state index in [9.17, 15) is 4.79 Å². The third-order valence-corrected chi connectivity index (χ3v) is 6.64. The number of hydrogen-bond acceptors (Lipinski definition) is 5. The minimum atomic E-state index is 0.00566. The maximum atomic E-state index is 13.3. The van der Waals surface area contributed by atoms with Crippen molar-refractivity contribution in [3.05, 3.63) is 77.6 Å². The molecule has 30 heavy (non-hydrogen) atoms. The van der Waals surface area contributed by atoms with E-state index >= 15 is 0 Å². The van der Waals surface area contributed by atoms with E-state index in [4.69, 9.17) is 9.72 Å². The number of pyridine rings is 1. The van der Waals surface area contributed by atoms with Crippen LogP contribution in [-0.2, 0) is 0 Å². The highest BCUT2D eigenvalue weighted by molar-refractivity contribution is 7.21. The average molecular weight is 416 g/mol. The van der Waals surface area contributed by atoms with Crippen LogP contribution in [0, 0.1) is 6.92 Å². The first-order valence-electron chi connectivity index (χ1n) is 9.93. The number of nitrogens with zero attached hydrogens (tertiary/aromatic N) is 3. The predicted molar refractivity (Wildman–Crippen MR) is 119 cm³/mol. The summed E-state index contributed by atoms with van der Waals surface area (Å²) in [7, 11) is 1.87. The third kappa shape index (κ3) is 3.23. The molecule has 5 nitrogen and oxygen atoms in total. The SMILES string of the molecule is Cc1ncccc1-c1nc2ccc(C(=O)N(C)C3CCOc4ccccc43)cc2s1. The third-order valence-electron chi connectivity index (χ3n) is 5.59. The highest BCUT2D eigenvalue weighted by atomic mass is 32.1. The first kappa shape index (κ1) is 18.8. The van der Waals surface area contributed by atoms with E-state index < -0.39 is 0 Å². The zero-order chi connectivity index (χ0) is 20.7. The molecule has 1 aliphatic rings. The number of para-hydroxylation sites is 1. The summed E-state index contributed by atoms with van der Waals surface area (Å²) >= 11 is 1.59. The van der Waals surface area contributed by atoms with Gasteiger partial charge in [0.15, 0.2) is 0 Å². The van der Waals surface area contributed by atoms with E-state index in [1.807, 2.05) is 73.5 Å². The number of fused-ring (bicyclic) bond motifs is 2. The molecular formula is C24H21N3O2S. The Bertz CT molecular complexity index is 1250.